The Bertz CT molecular complexity index is 558. The molecule has 0 unspecified atom stereocenters. The second-order valence-corrected chi connectivity index (χ2v) is 4.08. The van der Waals surface area contributed by atoms with E-state index in [0.29, 0.717) is 5.56 Å². The van der Waals surface area contributed by atoms with Gasteiger partial charge in [-0.2, -0.15) is 5.26 Å². The molecule has 1 heterocycles. The number of nitriles is 1. The van der Waals surface area contributed by atoms with E-state index in [2.05, 4.69) is 20.9 Å². The molecular weight excluding hydrogens is 266 g/mol. The van der Waals surface area contributed by atoms with E-state index in [1.54, 1.807) is 6.07 Å². The Labute approximate surface area is 102 Å². The molecule has 4 heteroatoms. The standard InChI is InChI=1S/C12H8BrN3/c13-10-6-9(7-14)12(15)16-11(10)8-4-2-1-3-5-8/h1-6H,(H2,15,16). The molecule has 0 aliphatic rings. The third-order valence-electron chi connectivity index (χ3n) is 2.17. The highest BCUT2D eigenvalue weighted by atomic mass is 79.9. The zero-order valence-electron chi connectivity index (χ0n) is 8.31. The van der Waals surface area contributed by atoms with Crippen LogP contribution in [-0.4, -0.2) is 4.98 Å². The third kappa shape index (κ3) is 1.90. The number of pyridine rings is 1. The van der Waals surface area contributed by atoms with Gasteiger partial charge in [-0.1, -0.05) is 30.3 Å². The largest absolute Gasteiger partial charge is 0.383 e. The summed E-state index contributed by atoms with van der Waals surface area (Å²) in [4.78, 5) is 4.22. The molecule has 16 heavy (non-hydrogen) atoms. The zero-order valence-corrected chi connectivity index (χ0v) is 9.90. The fraction of sp³-hybridized carbons (Fsp3) is 0. The summed E-state index contributed by atoms with van der Waals surface area (Å²) in [5, 5.41) is 8.81. The van der Waals surface area contributed by atoms with Gasteiger partial charge < -0.3 is 5.73 Å². The van der Waals surface area contributed by atoms with E-state index in [1.807, 2.05) is 36.4 Å². The lowest BCUT2D eigenvalue weighted by Gasteiger charge is -2.05. The smallest absolute Gasteiger partial charge is 0.142 e. The average molecular weight is 274 g/mol. The molecule has 0 aliphatic carbocycles. The molecule has 0 radical (unpaired) electrons. The van der Waals surface area contributed by atoms with Gasteiger partial charge in [-0.05, 0) is 22.0 Å². The molecule has 2 rings (SSSR count). The van der Waals surface area contributed by atoms with E-state index in [0.717, 1.165) is 15.7 Å². The number of hydrogen-bond donors (Lipinski definition) is 1. The Hall–Kier alpha value is -1.86. The summed E-state index contributed by atoms with van der Waals surface area (Å²) in [5.74, 6) is 0.254. The molecular formula is C12H8BrN3. The number of rotatable bonds is 1. The van der Waals surface area contributed by atoms with Crippen molar-refractivity contribution >= 4 is 21.7 Å². The fourth-order valence-electron chi connectivity index (χ4n) is 1.39. The van der Waals surface area contributed by atoms with E-state index in [9.17, 15) is 0 Å². The van der Waals surface area contributed by atoms with Crippen molar-refractivity contribution < 1.29 is 0 Å². The highest BCUT2D eigenvalue weighted by molar-refractivity contribution is 9.10. The maximum atomic E-state index is 8.81. The molecule has 0 fully saturated rings. The van der Waals surface area contributed by atoms with Crippen molar-refractivity contribution in [1.29, 1.82) is 5.26 Å². The van der Waals surface area contributed by atoms with Gasteiger partial charge in [-0.15, -0.1) is 0 Å². The summed E-state index contributed by atoms with van der Waals surface area (Å²) in [6, 6.07) is 13.4. The summed E-state index contributed by atoms with van der Waals surface area (Å²) in [5.41, 5.74) is 7.78. The van der Waals surface area contributed by atoms with Crippen molar-refractivity contribution in [3.63, 3.8) is 0 Å². The number of nitrogens with two attached hydrogens (primary N) is 1. The van der Waals surface area contributed by atoms with Gasteiger partial charge in [0, 0.05) is 10.0 Å². The highest BCUT2D eigenvalue weighted by Crippen LogP contribution is 2.28. The Morgan fingerprint density at radius 2 is 1.94 bits per heavy atom. The zero-order chi connectivity index (χ0) is 11.5. The summed E-state index contributed by atoms with van der Waals surface area (Å²) >= 11 is 3.39. The van der Waals surface area contributed by atoms with E-state index in [1.165, 1.54) is 0 Å². The number of nitrogens with zero attached hydrogens (tertiary/aromatic N) is 2. The maximum absolute atomic E-state index is 8.81. The van der Waals surface area contributed by atoms with Gasteiger partial charge in [0.2, 0.25) is 0 Å². The van der Waals surface area contributed by atoms with Crippen LogP contribution in [0.4, 0.5) is 5.82 Å². The number of anilines is 1. The van der Waals surface area contributed by atoms with Crippen LogP contribution >= 0.6 is 15.9 Å². The second kappa shape index (κ2) is 4.33. The van der Waals surface area contributed by atoms with Crippen LogP contribution in [0.1, 0.15) is 5.56 Å². The van der Waals surface area contributed by atoms with Crippen LogP contribution in [0.3, 0.4) is 0 Å². The first kappa shape index (κ1) is 10.7. The van der Waals surface area contributed by atoms with Crippen molar-refractivity contribution in [2.24, 2.45) is 0 Å². The molecule has 0 saturated heterocycles. The number of hydrogen-bond acceptors (Lipinski definition) is 3. The van der Waals surface area contributed by atoms with E-state index in [-0.39, 0.29) is 5.82 Å². The second-order valence-electron chi connectivity index (χ2n) is 3.23. The minimum absolute atomic E-state index is 0.254. The number of aromatic nitrogens is 1. The quantitative estimate of drug-likeness (QED) is 0.869. The molecule has 0 spiro atoms. The summed E-state index contributed by atoms with van der Waals surface area (Å²) < 4.78 is 0.768. The van der Waals surface area contributed by atoms with E-state index >= 15 is 0 Å². The van der Waals surface area contributed by atoms with Crippen molar-refractivity contribution in [3.8, 4) is 17.3 Å². The number of nitrogen functional groups attached to an aromatic ring is 1. The molecule has 0 atom stereocenters. The van der Waals surface area contributed by atoms with Crippen molar-refractivity contribution in [1.82, 2.24) is 4.98 Å². The fourth-order valence-corrected chi connectivity index (χ4v) is 1.94. The lowest BCUT2D eigenvalue weighted by molar-refractivity contribution is 1.29. The Balaban J connectivity index is 2.60. The number of halogens is 1. The minimum Gasteiger partial charge on any atom is -0.383 e. The first-order chi connectivity index (χ1) is 7.72. The first-order valence-corrected chi connectivity index (χ1v) is 5.43. The van der Waals surface area contributed by atoms with Crippen molar-refractivity contribution in [3.05, 3.63) is 46.4 Å². The maximum Gasteiger partial charge on any atom is 0.142 e. The monoisotopic (exact) mass is 273 g/mol. The molecule has 3 nitrogen and oxygen atoms in total. The lowest BCUT2D eigenvalue weighted by atomic mass is 10.1. The van der Waals surface area contributed by atoms with Gasteiger partial charge in [0.05, 0.1) is 11.3 Å². The van der Waals surface area contributed by atoms with Gasteiger partial charge in [-0.3, -0.25) is 0 Å². The summed E-state index contributed by atoms with van der Waals surface area (Å²) in [6.45, 7) is 0. The Kier molecular flexibility index (Phi) is 2.88. The number of benzene rings is 1. The van der Waals surface area contributed by atoms with Gasteiger partial charge in [0.1, 0.15) is 11.9 Å². The average Bonchev–Trinajstić information content (AvgIpc) is 2.32. The first-order valence-electron chi connectivity index (χ1n) is 4.64. The summed E-state index contributed by atoms with van der Waals surface area (Å²) in [6.07, 6.45) is 0. The Morgan fingerprint density at radius 1 is 1.25 bits per heavy atom. The minimum atomic E-state index is 0.254. The van der Waals surface area contributed by atoms with Gasteiger partial charge in [0.15, 0.2) is 0 Å². The van der Waals surface area contributed by atoms with Crippen LogP contribution in [-0.2, 0) is 0 Å². The molecule has 0 saturated carbocycles. The summed E-state index contributed by atoms with van der Waals surface area (Å²) in [7, 11) is 0. The highest BCUT2D eigenvalue weighted by Gasteiger charge is 2.09. The van der Waals surface area contributed by atoms with Gasteiger partial charge >= 0.3 is 0 Å². The van der Waals surface area contributed by atoms with Crippen LogP contribution in [0.2, 0.25) is 0 Å². The van der Waals surface area contributed by atoms with Crippen LogP contribution in [0, 0.1) is 11.3 Å². The van der Waals surface area contributed by atoms with E-state index in [4.69, 9.17) is 11.0 Å². The molecule has 1 aromatic carbocycles. The molecule has 0 aliphatic heterocycles. The predicted molar refractivity (Wildman–Crippen MR) is 66.5 cm³/mol. The Morgan fingerprint density at radius 3 is 2.56 bits per heavy atom. The van der Waals surface area contributed by atoms with Crippen LogP contribution in [0.15, 0.2) is 40.9 Å². The molecule has 2 aromatic rings. The van der Waals surface area contributed by atoms with Crippen LogP contribution in [0.5, 0.6) is 0 Å². The molecule has 2 N–H and O–H groups in total. The van der Waals surface area contributed by atoms with Crippen molar-refractivity contribution in [2.75, 3.05) is 5.73 Å². The van der Waals surface area contributed by atoms with Gasteiger partial charge in [-0.25, -0.2) is 4.98 Å². The molecule has 1 aromatic heterocycles. The molecule has 0 bridgehead atoms. The van der Waals surface area contributed by atoms with E-state index < -0.39 is 0 Å². The lowest BCUT2D eigenvalue weighted by Crippen LogP contribution is -1.97. The molecule has 78 valence electrons. The predicted octanol–water partition coefficient (Wildman–Crippen LogP) is 2.96. The van der Waals surface area contributed by atoms with Crippen molar-refractivity contribution in [2.45, 2.75) is 0 Å². The topological polar surface area (TPSA) is 62.7 Å². The van der Waals surface area contributed by atoms with Crippen LogP contribution < -0.4 is 5.73 Å². The van der Waals surface area contributed by atoms with Crippen LogP contribution in [0.25, 0.3) is 11.3 Å². The third-order valence-corrected chi connectivity index (χ3v) is 2.78. The normalized spacial score (nSPS) is 9.75. The SMILES string of the molecule is N#Cc1cc(Br)c(-c2ccccc2)nc1N. The molecule has 0 amide bonds. The van der Waals surface area contributed by atoms with Gasteiger partial charge in [0.25, 0.3) is 0 Å².